The van der Waals surface area contributed by atoms with Gasteiger partial charge in [-0.2, -0.15) is 5.10 Å². The van der Waals surface area contributed by atoms with Crippen LogP contribution in [0.4, 0.5) is 0 Å². The van der Waals surface area contributed by atoms with Crippen LogP contribution in [-0.2, 0) is 23.4 Å². The fourth-order valence-corrected chi connectivity index (χ4v) is 6.90. The molecule has 0 aliphatic carbocycles. The monoisotopic (exact) mass is 569 g/mol. The molecule has 0 spiro atoms. The Hall–Kier alpha value is -4.59. The number of fused-ring (bicyclic) bond motifs is 1. The van der Waals surface area contributed by atoms with Gasteiger partial charge in [-0.3, -0.25) is 4.90 Å². The number of hydrogen-bond donors (Lipinski definition) is 1. The van der Waals surface area contributed by atoms with Crippen molar-refractivity contribution in [2.75, 3.05) is 13.1 Å². The van der Waals surface area contributed by atoms with Gasteiger partial charge in [0, 0.05) is 30.7 Å². The second-order valence-corrected chi connectivity index (χ2v) is 11.6. The van der Waals surface area contributed by atoms with Gasteiger partial charge in [-0.05, 0) is 47.7 Å². The highest BCUT2D eigenvalue weighted by Gasteiger charge is 2.40. The SMILES string of the molecule is Cc1c([C@@H]2CN(Cc3ncn(C(c4ccccc4)(c4ccccc4)c4ccccc4)n3)C[C@H](C)N2)ccc2c1COC2=O. The van der Waals surface area contributed by atoms with Gasteiger partial charge in [0.1, 0.15) is 18.5 Å². The van der Waals surface area contributed by atoms with Gasteiger partial charge in [-0.15, -0.1) is 0 Å². The van der Waals surface area contributed by atoms with Crippen molar-refractivity contribution in [2.45, 2.75) is 44.6 Å². The summed E-state index contributed by atoms with van der Waals surface area (Å²) in [4.78, 5) is 19.4. The van der Waals surface area contributed by atoms with Gasteiger partial charge in [0.05, 0.1) is 12.1 Å². The van der Waals surface area contributed by atoms with Gasteiger partial charge in [0.25, 0.3) is 0 Å². The molecule has 7 heteroatoms. The van der Waals surface area contributed by atoms with E-state index in [2.05, 4.69) is 103 Å². The number of carbonyl (C=O) groups is 1. The molecule has 2 aliphatic rings. The van der Waals surface area contributed by atoms with Crippen LogP contribution in [0, 0.1) is 6.92 Å². The number of benzene rings is 4. The predicted molar refractivity (Wildman–Crippen MR) is 166 cm³/mol. The number of piperazine rings is 1. The van der Waals surface area contributed by atoms with Crippen molar-refractivity contribution in [1.29, 1.82) is 0 Å². The topological polar surface area (TPSA) is 72.3 Å². The van der Waals surface area contributed by atoms with E-state index in [9.17, 15) is 4.79 Å². The highest BCUT2D eigenvalue weighted by atomic mass is 16.5. The molecule has 7 rings (SSSR count). The zero-order chi connectivity index (χ0) is 29.4. The van der Waals surface area contributed by atoms with Crippen LogP contribution in [0.2, 0.25) is 0 Å². The summed E-state index contributed by atoms with van der Waals surface area (Å²) in [5.74, 6) is 0.556. The van der Waals surface area contributed by atoms with Crippen LogP contribution < -0.4 is 5.32 Å². The highest BCUT2D eigenvalue weighted by Crippen LogP contribution is 2.40. The van der Waals surface area contributed by atoms with Gasteiger partial charge >= 0.3 is 5.97 Å². The fourth-order valence-electron chi connectivity index (χ4n) is 6.90. The van der Waals surface area contributed by atoms with E-state index in [-0.39, 0.29) is 18.1 Å². The summed E-state index contributed by atoms with van der Waals surface area (Å²) in [7, 11) is 0. The first-order valence-corrected chi connectivity index (χ1v) is 14.9. The third kappa shape index (κ3) is 4.84. The minimum absolute atomic E-state index is 0.129. The second-order valence-electron chi connectivity index (χ2n) is 11.6. The normalized spacial score (nSPS) is 18.8. The van der Waals surface area contributed by atoms with E-state index in [0.29, 0.717) is 18.7 Å². The maximum Gasteiger partial charge on any atom is 0.338 e. The Balaban J connectivity index is 1.23. The quantitative estimate of drug-likeness (QED) is 0.202. The van der Waals surface area contributed by atoms with Crippen LogP contribution in [0.25, 0.3) is 0 Å². The van der Waals surface area contributed by atoms with Gasteiger partial charge in [0.15, 0.2) is 5.82 Å². The molecule has 0 saturated carbocycles. The number of ether oxygens (including phenoxy) is 1. The molecule has 5 aromatic rings. The average Bonchev–Trinajstić information content (AvgIpc) is 3.66. The molecule has 1 aromatic heterocycles. The molecule has 4 aromatic carbocycles. The predicted octanol–water partition coefficient (Wildman–Crippen LogP) is 5.63. The molecule has 0 unspecified atom stereocenters. The van der Waals surface area contributed by atoms with Crippen LogP contribution in [0.3, 0.4) is 0 Å². The summed E-state index contributed by atoms with van der Waals surface area (Å²) in [6, 6.07) is 36.1. The molecule has 0 amide bonds. The van der Waals surface area contributed by atoms with Gasteiger partial charge in [-0.1, -0.05) is 97.1 Å². The number of esters is 1. The van der Waals surface area contributed by atoms with Crippen LogP contribution >= 0.6 is 0 Å². The lowest BCUT2D eigenvalue weighted by molar-refractivity contribution is 0.0535. The Kier molecular flexibility index (Phi) is 7.13. The summed E-state index contributed by atoms with van der Waals surface area (Å²) < 4.78 is 7.34. The largest absolute Gasteiger partial charge is 0.457 e. The van der Waals surface area contributed by atoms with E-state index in [1.807, 2.05) is 35.3 Å². The smallest absolute Gasteiger partial charge is 0.338 e. The molecular weight excluding hydrogens is 534 g/mol. The standard InChI is InChI=1S/C36H35N5O2/c1-25-20-40(21-33(38-25)30-18-19-31-32(26(30)2)23-43-35(31)42)22-34-37-24-41(39-34)36(27-12-6-3-7-13-27,28-14-8-4-9-15-28)29-16-10-5-11-17-29/h3-19,24-25,33,38H,20-23H2,1-2H3/t25-,33-/m0/s1. The first-order chi connectivity index (χ1) is 21.0. The third-order valence-electron chi connectivity index (χ3n) is 8.86. The summed E-state index contributed by atoms with van der Waals surface area (Å²) in [6.45, 7) is 7.00. The van der Waals surface area contributed by atoms with Crippen molar-refractivity contribution >= 4 is 5.97 Å². The number of nitrogens with zero attached hydrogens (tertiary/aromatic N) is 4. The number of aromatic nitrogens is 3. The Morgan fingerprint density at radius 2 is 1.47 bits per heavy atom. The number of rotatable bonds is 7. The van der Waals surface area contributed by atoms with Crippen LogP contribution in [-0.4, -0.2) is 44.8 Å². The van der Waals surface area contributed by atoms with E-state index >= 15 is 0 Å². The Labute approximate surface area is 252 Å². The lowest BCUT2D eigenvalue weighted by atomic mass is 9.77. The highest BCUT2D eigenvalue weighted by molar-refractivity contribution is 5.94. The van der Waals surface area contributed by atoms with Crippen molar-refractivity contribution < 1.29 is 9.53 Å². The Morgan fingerprint density at radius 3 is 2.07 bits per heavy atom. The number of hydrogen-bond acceptors (Lipinski definition) is 6. The first-order valence-electron chi connectivity index (χ1n) is 14.9. The zero-order valence-electron chi connectivity index (χ0n) is 24.5. The van der Waals surface area contributed by atoms with Crippen molar-refractivity contribution in [3.8, 4) is 0 Å². The number of cyclic esters (lactones) is 1. The molecule has 0 radical (unpaired) electrons. The Morgan fingerprint density at radius 1 is 0.860 bits per heavy atom. The lowest BCUT2D eigenvalue weighted by Gasteiger charge is -2.38. The summed E-state index contributed by atoms with van der Waals surface area (Å²) in [6.07, 6.45) is 1.88. The molecule has 1 N–H and O–H groups in total. The number of carbonyl (C=O) groups excluding carboxylic acids is 1. The van der Waals surface area contributed by atoms with Crippen molar-refractivity contribution in [2.24, 2.45) is 0 Å². The van der Waals surface area contributed by atoms with Gasteiger partial charge < -0.3 is 10.1 Å². The molecule has 3 heterocycles. The summed E-state index contributed by atoms with van der Waals surface area (Å²) >= 11 is 0. The lowest BCUT2D eigenvalue weighted by Crippen LogP contribution is -2.50. The van der Waals surface area contributed by atoms with E-state index < -0.39 is 5.54 Å². The molecule has 2 atom stereocenters. The van der Waals surface area contributed by atoms with Crippen LogP contribution in [0.5, 0.6) is 0 Å². The summed E-state index contributed by atoms with van der Waals surface area (Å²) in [5, 5.41) is 8.96. The Bertz CT molecular complexity index is 1640. The second kappa shape index (κ2) is 11.2. The summed E-state index contributed by atoms with van der Waals surface area (Å²) in [5.41, 5.74) is 6.72. The molecule has 43 heavy (non-hydrogen) atoms. The van der Waals surface area contributed by atoms with Gasteiger partial charge in [0.2, 0.25) is 0 Å². The van der Waals surface area contributed by atoms with Crippen molar-refractivity contribution in [3.63, 3.8) is 0 Å². The van der Waals surface area contributed by atoms with E-state index in [1.54, 1.807) is 0 Å². The third-order valence-corrected chi connectivity index (χ3v) is 8.86. The molecule has 7 nitrogen and oxygen atoms in total. The molecule has 216 valence electrons. The number of nitrogens with one attached hydrogen (secondary N) is 1. The van der Waals surface area contributed by atoms with Crippen molar-refractivity contribution in [1.82, 2.24) is 25.0 Å². The fraction of sp³-hybridized carbons (Fsp3) is 0.250. The maximum atomic E-state index is 12.1. The molecule has 2 aliphatic heterocycles. The van der Waals surface area contributed by atoms with Crippen LogP contribution in [0.1, 0.15) is 62.5 Å². The minimum Gasteiger partial charge on any atom is -0.457 e. The molecule has 0 bridgehead atoms. The van der Waals surface area contributed by atoms with E-state index in [4.69, 9.17) is 14.8 Å². The zero-order valence-corrected chi connectivity index (χ0v) is 24.5. The van der Waals surface area contributed by atoms with Gasteiger partial charge in [-0.25, -0.2) is 14.5 Å². The average molecular weight is 570 g/mol. The first kappa shape index (κ1) is 27.3. The van der Waals surface area contributed by atoms with Crippen LogP contribution in [0.15, 0.2) is 109 Å². The van der Waals surface area contributed by atoms with E-state index in [1.165, 1.54) is 5.56 Å². The molecule has 1 saturated heterocycles. The van der Waals surface area contributed by atoms with Crippen molar-refractivity contribution in [3.05, 3.63) is 154 Å². The molecule has 1 fully saturated rings. The van der Waals surface area contributed by atoms with E-state index in [0.717, 1.165) is 46.7 Å². The molecular formula is C36H35N5O2. The minimum atomic E-state index is -0.685. The maximum absolute atomic E-state index is 12.1.